The molecule has 1 aliphatic rings. The number of hydrogen-bond donors (Lipinski definition) is 1. The van der Waals surface area contributed by atoms with Gasteiger partial charge in [0.05, 0.1) is 18.2 Å². The first-order chi connectivity index (χ1) is 10.9. The van der Waals surface area contributed by atoms with E-state index in [0.717, 1.165) is 23.1 Å². The van der Waals surface area contributed by atoms with Crippen LogP contribution in [0.4, 0.5) is 18.0 Å². The minimum absolute atomic E-state index is 0.00423. The molecule has 0 aliphatic carbocycles. The smallest absolute Gasteiger partial charge is 0.411 e. The van der Waals surface area contributed by atoms with Gasteiger partial charge in [-0.05, 0) is 44.5 Å². The van der Waals surface area contributed by atoms with E-state index in [2.05, 4.69) is 0 Å². The number of carbonyl (C=O) groups is 2. The minimum Gasteiger partial charge on any atom is -0.478 e. The maximum atomic E-state index is 13.8. The second-order valence-corrected chi connectivity index (χ2v) is 6.76. The van der Waals surface area contributed by atoms with E-state index in [-0.39, 0.29) is 11.1 Å². The van der Waals surface area contributed by atoms with Crippen molar-refractivity contribution < 1.29 is 32.6 Å². The predicted octanol–water partition coefficient (Wildman–Crippen LogP) is 3.84. The third-order valence-corrected chi connectivity index (χ3v) is 3.45. The van der Waals surface area contributed by atoms with Gasteiger partial charge in [0.15, 0.2) is 0 Å². The highest BCUT2D eigenvalue weighted by molar-refractivity contribution is 5.87. The molecule has 0 aromatic heterocycles. The molecule has 2 rings (SSSR count). The second kappa shape index (κ2) is 5.99. The number of aromatic carboxylic acids is 1. The molecular formula is C16H18F3NO4. The standard InChI is InChI=1S/C16H18F3NO4/c1-15(2,3)24-14(23)20-8-16(18,19)7-12(20)9-4-10(13(21)22)6-11(17)5-9/h4-6,12H,7-8H2,1-3H3,(H,21,22). The number of hydrogen-bond acceptors (Lipinski definition) is 3. The molecule has 0 radical (unpaired) electrons. The molecule has 1 atom stereocenters. The summed E-state index contributed by atoms with van der Waals surface area (Å²) < 4.78 is 46.4. The molecule has 1 N–H and O–H groups in total. The molecule has 0 spiro atoms. The van der Waals surface area contributed by atoms with E-state index in [0.29, 0.717) is 0 Å². The Kier molecular flexibility index (Phi) is 4.52. The molecule has 5 nitrogen and oxygen atoms in total. The zero-order chi connectivity index (χ0) is 18.3. The van der Waals surface area contributed by atoms with Gasteiger partial charge in [0.1, 0.15) is 11.4 Å². The van der Waals surface area contributed by atoms with E-state index in [9.17, 15) is 22.8 Å². The van der Waals surface area contributed by atoms with Crippen LogP contribution in [0.1, 0.15) is 49.2 Å². The topological polar surface area (TPSA) is 66.8 Å². The average molecular weight is 345 g/mol. The van der Waals surface area contributed by atoms with Crippen LogP contribution in [-0.2, 0) is 4.74 Å². The molecule has 0 bridgehead atoms. The van der Waals surface area contributed by atoms with Gasteiger partial charge in [0.2, 0.25) is 0 Å². The number of halogens is 3. The highest BCUT2D eigenvalue weighted by Gasteiger charge is 2.49. The number of ether oxygens (including phenoxy) is 1. The SMILES string of the molecule is CC(C)(C)OC(=O)N1CC(F)(F)CC1c1cc(F)cc(C(=O)O)c1. The minimum atomic E-state index is -3.17. The summed E-state index contributed by atoms with van der Waals surface area (Å²) in [7, 11) is 0. The lowest BCUT2D eigenvalue weighted by atomic mass is 10.0. The Balaban J connectivity index is 2.39. The fourth-order valence-electron chi connectivity index (χ4n) is 2.56. The molecule has 8 heteroatoms. The molecule has 1 saturated heterocycles. The molecular weight excluding hydrogens is 327 g/mol. The van der Waals surface area contributed by atoms with E-state index < -0.39 is 48.4 Å². The van der Waals surface area contributed by atoms with E-state index in [1.807, 2.05) is 0 Å². The Morgan fingerprint density at radius 3 is 2.46 bits per heavy atom. The number of rotatable bonds is 2. The number of amides is 1. The van der Waals surface area contributed by atoms with E-state index in [1.165, 1.54) is 0 Å². The summed E-state index contributed by atoms with van der Waals surface area (Å²) in [5, 5.41) is 8.99. The number of nitrogens with zero attached hydrogens (tertiary/aromatic N) is 1. The number of alkyl halides is 2. The number of carboxylic acid groups (broad SMARTS) is 1. The Morgan fingerprint density at radius 1 is 1.29 bits per heavy atom. The lowest BCUT2D eigenvalue weighted by molar-refractivity contribution is -0.00243. The molecule has 1 aromatic rings. The van der Waals surface area contributed by atoms with E-state index in [4.69, 9.17) is 9.84 Å². The Hall–Kier alpha value is -2.25. The van der Waals surface area contributed by atoms with Gasteiger partial charge < -0.3 is 9.84 Å². The molecule has 24 heavy (non-hydrogen) atoms. The first-order valence-corrected chi connectivity index (χ1v) is 7.29. The maximum Gasteiger partial charge on any atom is 0.411 e. The van der Waals surface area contributed by atoms with Crippen LogP contribution in [-0.4, -0.2) is 40.1 Å². The summed E-state index contributed by atoms with van der Waals surface area (Å²) in [6.07, 6.45) is -1.68. The van der Waals surface area contributed by atoms with Crippen LogP contribution in [0.5, 0.6) is 0 Å². The van der Waals surface area contributed by atoms with Crippen LogP contribution in [0.2, 0.25) is 0 Å². The van der Waals surface area contributed by atoms with Gasteiger partial charge in [-0.1, -0.05) is 0 Å². The quantitative estimate of drug-likeness (QED) is 0.884. The molecule has 0 saturated carbocycles. The predicted molar refractivity (Wildman–Crippen MR) is 78.6 cm³/mol. The first kappa shape index (κ1) is 18.1. The lowest BCUT2D eigenvalue weighted by Crippen LogP contribution is -2.38. The zero-order valence-corrected chi connectivity index (χ0v) is 13.5. The Morgan fingerprint density at radius 2 is 1.92 bits per heavy atom. The van der Waals surface area contributed by atoms with Crippen molar-refractivity contribution in [1.82, 2.24) is 4.90 Å². The monoisotopic (exact) mass is 345 g/mol. The van der Waals surface area contributed by atoms with Crippen LogP contribution in [0.15, 0.2) is 18.2 Å². The van der Waals surface area contributed by atoms with Crippen molar-refractivity contribution in [2.45, 2.75) is 44.8 Å². The normalized spacial score (nSPS) is 20.1. The van der Waals surface area contributed by atoms with Crippen LogP contribution in [0.3, 0.4) is 0 Å². The fourth-order valence-corrected chi connectivity index (χ4v) is 2.56. The second-order valence-electron chi connectivity index (χ2n) is 6.76. The number of carbonyl (C=O) groups excluding carboxylic acids is 1. The summed E-state index contributed by atoms with van der Waals surface area (Å²) in [5.41, 5.74) is -1.26. The molecule has 1 aliphatic heterocycles. The van der Waals surface area contributed by atoms with Crippen molar-refractivity contribution in [2.75, 3.05) is 6.54 Å². The van der Waals surface area contributed by atoms with Crippen LogP contribution in [0, 0.1) is 5.82 Å². The summed E-state index contributed by atoms with van der Waals surface area (Å²) in [6.45, 7) is 3.92. The van der Waals surface area contributed by atoms with Gasteiger partial charge >= 0.3 is 12.1 Å². The Labute approximate surface area is 137 Å². The molecule has 1 heterocycles. The highest BCUT2D eigenvalue weighted by atomic mass is 19.3. The molecule has 1 aromatic carbocycles. The van der Waals surface area contributed by atoms with E-state index in [1.54, 1.807) is 20.8 Å². The van der Waals surface area contributed by atoms with Gasteiger partial charge in [-0.15, -0.1) is 0 Å². The van der Waals surface area contributed by atoms with Crippen molar-refractivity contribution in [2.24, 2.45) is 0 Å². The van der Waals surface area contributed by atoms with Gasteiger partial charge in [0, 0.05) is 6.42 Å². The fraction of sp³-hybridized carbons (Fsp3) is 0.500. The summed E-state index contributed by atoms with van der Waals surface area (Å²) in [4.78, 5) is 24.0. The van der Waals surface area contributed by atoms with Crippen molar-refractivity contribution in [3.8, 4) is 0 Å². The number of benzene rings is 1. The van der Waals surface area contributed by atoms with Crippen molar-refractivity contribution in [1.29, 1.82) is 0 Å². The van der Waals surface area contributed by atoms with Crippen molar-refractivity contribution in [3.63, 3.8) is 0 Å². The van der Waals surface area contributed by atoms with Crippen molar-refractivity contribution >= 4 is 12.1 Å². The lowest BCUT2D eigenvalue weighted by Gasteiger charge is -2.28. The third kappa shape index (κ3) is 4.18. The molecule has 1 unspecified atom stereocenters. The van der Waals surface area contributed by atoms with Gasteiger partial charge in [-0.3, -0.25) is 4.90 Å². The van der Waals surface area contributed by atoms with Crippen LogP contribution < -0.4 is 0 Å². The third-order valence-electron chi connectivity index (χ3n) is 3.45. The summed E-state index contributed by atoms with van der Waals surface area (Å²) in [5.74, 6) is -5.43. The molecule has 1 amide bonds. The van der Waals surface area contributed by atoms with Gasteiger partial charge in [0.25, 0.3) is 5.92 Å². The maximum absolute atomic E-state index is 13.8. The first-order valence-electron chi connectivity index (χ1n) is 7.29. The largest absolute Gasteiger partial charge is 0.478 e. The Bertz CT molecular complexity index is 670. The summed E-state index contributed by atoms with van der Waals surface area (Å²) in [6, 6.07) is 1.67. The number of carboxylic acids is 1. The van der Waals surface area contributed by atoms with Gasteiger partial charge in [-0.2, -0.15) is 0 Å². The average Bonchev–Trinajstić information content (AvgIpc) is 2.72. The zero-order valence-electron chi connectivity index (χ0n) is 13.5. The summed E-state index contributed by atoms with van der Waals surface area (Å²) >= 11 is 0. The van der Waals surface area contributed by atoms with Crippen LogP contribution >= 0.6 is 0 Å². The van der Waals surface area contributed by atoms with Crippen LogP contribution in [0.25, 0.3) is 0 Å². The van der Waals surface area contributed by atoms with Gasteiger partial charge in [-0.25, -0.2) is 22.8 Å². The number of likely N-dealkylation sites (tertiary alicyclic amines) is 1. The highest BCUT2D eigenvalue weighted by Crippen LogP contribution is 2.42. The molecule has 1 fully saturated rings. The van der Waals surface area contributed by atoms with Crippen molar-refractivity contribution in [3.05, 3.63) is 35.1 Å². The molecule has 132 valence electrons. The van der Waals surface area contributed by atoms with E-state index >= 15 is 0 Å².